The van der Waals surface area contributed by atoms with Crippen molar-refractivity contribution in [2.24, 2.45) is 11.7 Å². The molecule has 2 N–H and O–H groups in total. The predicted octanol–water partition coefficient (Wildman–Crippen LogP) is 1.03. The van der Waals surface area contributed by atoms with Crippen molar-refractivity contribution in [3.05, 3.63) is 11.7 Å². The Bertz CT molecular complexity index is 405. The molecule has 0 spiro atoms. The average molecular weight is 267 g/mol. The van der Waals surface area contributed by atoms with Gasteiger partial charge in [0, 0.05) is 6.54 Å². The molecule has 2 heterocycles. The van der Waals surface area contributed by atoms with Crippen molar-refractivity contribution < 1.29 is 4.52 Å². The molecule has 19 heavy (non-hydrogen) atoms. The minimum Gasteiger partial charge on any atom is -0.338 e. The van der Waals surface area contributed by atoms with Gasteiger partial charge in [0.2, 0.25) is 5.89 Å². The molecule has 0 aromatic carbocycles. The van der Waals surface area contributed by atoms with Crippen LogP contribution in [0.4, 0.5) is 0 Å². The van der Waals surface area contributed by atoms with Crippen molar-refractivity contribution >= 4 is 0 Å². The third kappa shape index (κ3) is 3.32. The molecule has 6 heteroatoms. The minimum absolute atomic E-state index is 0.185. The number of aromatic nitrogens is 2. The fourth-order valence-electron chi connectivity index (χ4n) is 2.35. The van der Waals surface area contributed by atoms with Crippen LogP contribution < -0.4 is 5.73 Å². The standard InChI is InChI=1S/C13H25N5O/c1-9(2)11(14)13-15-12(16-19-13)10-8-17(3)6-5-7-18(10)4/h9-11H,5-8,14H2,1-4H3/t10?,11-/m1/s1. The first-order chi connectivity index (χ1) is 8.99. The van der Waals surface area contributed by atoms with Crippen LogP contribution in [0.3, 0.4) is 0 Å². The first kappa shape index (κ1) is 14.4. The summed E-state index contributed by atoms with van der Waals surface area (Å²) in [5, 5.41) is 4.14. The maximum atomic E-state index is 6.05. The number of hydrogen-bond donors (Lipinski definition) is 1. The lowest BCUT2D eigenvalue weighted by atomic mass is 10.1. The van der Waals surface area contributed by atoms with Gasteiger partial charge in [0.05, 0.1) is 12.1 Å². The third-order valence-electron chi connectivity index (χ3n) is 3.83. The zero-order valence-corrected chi connectivity index (χ0v) is 12.3. The average Bonchev–Trinajstić information content (AvgIpc) is 2.77. The van der Waals surface area contributed by atoms with E-state index in [1.54, 1.807) is 0 Å². The third-order valence-corrected chi connectivity index (χ3v) is 3.83. The Morgan fingerprint density at radius 2 is 2.05 bits per heavy atom. The molecule has 1 fully saturated rings. The lowest BCUT2D eigenvalue weighted by Crippen LogP contribution is -2.31. The van der Waals surface area contributed by atoms with Gasteiger partial charge in [-0.3, -0.25) is 4.90 Å². The highest BCUT2D eigenvalue weighted by atomic mass is 16.5. The number of nitrogens with zero attached hydrogens (tertiary/aromatic N) is 4. The van der Waals surface area contributed by atoms with Gasteiger partial charge < -0.3 is 15.2 Å². The molecule has 1 aliphatic rings. The van der Waals surface area contributed by atoms with E-state index in [9.17, 15) is 0 Å². The summed E-state index contributed by atoms with van der Waals surface area (Å²) in [6.45, 7) is 7.19. The SMILES string of the molecule is CC(C)[C@@H](N)c1nc(C2CN(C)CCCN2C)no1. The van der Waals surface area contributed by atoms with Crippen molar-refractivity contribution in [1.29, 1.82) is 0 Å². The molecule has 1 aliphatic heterocycles. The van der Waals surface area contributed by atoms with Gasteiger partial charge in [-0.25, -0.2) is 0 Å². The van der Waals surface area contributed by atoms with E-state index in [1.165, 1.54) is 6.42 Å². The van der Waals surface area contributed by atoms with Gasteiger partial charge in [-0.15, -0.1) is 0 Å². The summed E-state index contributed by atoms with van der Waals surface area (Å²) >= 11 is 0. The quantitative estimate of drug-likeness (QED) is 0.882. The Labute approximate surface area is 114 Å². The van der Waals surface area contributed by atoms with Gasteiger partial charge in [-0.2, -0.15) is 4.98 Å². The summed E-state index contributed by atoms with van der Waals surface area (Å²) in [5.74, 6) is 1.59. The second kappa shape index (κ2) is 5.98. The van der Waals surface area contributed by atoms with Gasteiger partial charge >= 0.3 is 0 Å². The summed E-state index contributed by atoms with van der Waals surface area (Å²) in [7, 11) is 4.25. The van der Waals surface area contributed by atoms with Gasteiger partial charge in [0.1, 0.15) is 0 Å². The summed E-state index contributed by atoms with van der Waals surface area (Å²) in [4.78, 5) is 9.11. The molecular formula is C13H25N5O. The van der Waals surface area contributed by atoms with E-state index in [4.69, 9.17) is 10.3 Å². The molecule has 0 saturated carbocycles. The van der Waals surface area contributed by atoms with Gasteiger partial charge in [-0.05, 0) is 39.5 Å². The topological polar surface area (TPSA) is 71.4 Å². The number of nitrogens with two attached hydrogens (primary N) is 1. The highest BCUT2D eigenvalue weighted by Crippen LogP contribution is 2.23. The second-order valence-corrected chi connectivity index (χ2v) is 5.87. The first-order valence-corrected chi connectivity index (χ1v) is 6.97. The van der Waals surface area contributed by atoms with E-state index >= 15 is 0 Å². The normalized spacial score (nSPS) is 24.6. The van der Waals surface area contributed by atoms with Crippen LogP contribution in [-0.4, -0.2) is 53.7 Å². The molecule has 0 radical (unpaired) electrons. The van der Waals surface area contributed by atoms with Crippen LogP contribution in [0.15, 0.2) is 4.52 Å². The van der Waals surface area contributed by atoms with E-state index in [2.05, 4.69) is 47.9 Å². The van der Waals surface area contributed by atoms with Gasteiger partial charge in [0.15, 0.2) is 5.82 Å². The summed E-state index contributed by atoms with van der Waals surface area (Å²) in [6.07, 6.45) is 1.17. The lowest BCUT2D eigenvalue weighted by Gasteiger charge is -2.24. The van der Waals surface area contributed by atoms with Gasteiger partial charge in [0.25, 0.3) is 0 Å². The summed E-state index contributed by atoms with van der Waals surface area (Å²) in [6, 6.07) is -0.000531. The van der Waals surface area contributed by atoms with Crippen molar-refractivity contribution in [3.63, 3.8) is 0 Å². The highest BCUT2D eigenvalue weighted by molar-refractivity contribution is 5.00. The molecule has 1 aromatic rings. The van der Waals surface area contributed by atoms with Crippen LogP contribution in [-0.2, 0) is 0 Å². The molecule has 2 atom stereocenters. The number of hydrogen-bond acceptors (Lipinski definition) is 6. The zero-order chi connectivity index (χ0) is 14.0. The van der Waals surface area contributed by atoms with Crippen molar-refractivity contribution in [2.75, 3.05) is 33.7 Å². The van der Waals surface area contributed by atoms with Crippen LogP contribution >= 0.6 is 0 Å². The highest BCUT2D eigenvalue weighted by Gasteiger charge is 2.28. The fourth-order valence-corrected chi connectivity index (χ4v) is 2.35. The summed E-state index contributed by atoms with van der Waals surface area (Å²) < 4.78 is 5.33. The van der Waals surface area contributed by atoms with Crippen LogP contribution in [0.1, 0.15) is 44.1 Å². The monoisotopic (exact) mass is 267 g/mol. The first-order valence-electron chi connectivity index (χ1n) is 6.97. The Balaban J connectivity index is 2.16. The lowest BCUT2D eigenvalue weighted by molar-refractivity contribution is 0.214. The Kier molecular flexibility index (Phi) is 4.54. The predicted molar refractivity (Wildman–Crippen MR) is 73.5 cm³/mol. The molecular weight excluding hydrogens is 242 g/mol. The molecule has 1 unspecified atom stereocenters. The molecule has 0 aliphatic carbocycles. The molecule has 0 amide bonds. The maximum Gasteiger partial charge on any atom is 0.243 e. The Morgan fingerprint density at radius 1 is 1.32 bits per heavy atom. The fraction of sp³-hybridized carbons (Fsp3) is 0.846. The van der Waals surface area contributed by atoms with Crippen molar-refractivity contribution in [3.8, 4) is 0 Å². The molecule has 1 saturated heterocycles. The van der Waals surface area contributed by atoms with E-state index in [-0.39, 0.29) is 12.1 Å². The van der Waals surface area contributed by atoms with Crippen LogP contribution in [0.25, 0.3) is 0 Å². The summed E-state index contributed by atoms with van der Waals surface area (Å²) in [5.41, 5.74) is 6.05. The molecule has 6 nitrogen and oxygen atoms in total. The van der Waals surface area contributed by atoms with E-state index in [0.29, 0.717) is 11.8 Å². The van der Waals surface area contributed by atoms with Crippen molar-refractivity contribution in [1.82, 2.24) is 19.9 Å². The zero-order valence-electron chi connectivity index (χ0n) is 12.3. The Morgan fingerprint density at radius 3 is 2.74 bits per heavy atom. The number of rotatable bonds is 3. The number of likely N-dealkylation sites (N-methyl/N-ethyl adjacent to an activating group) is 2. The van der Waals surface area contributed by atoms with Crippen molar-refractivity contribution in [2.45, 2.75) is 32.4 Å². The van der Waals surface area contributed by atoms with E-state index in [1.807, 2.05) is 0 Å². The van der Waals surface area contributed by atoms with Crippen LogP contribution in [0, 0.1) is 5.92 Å². The van der Waals surface area contributed by atoms with E-state index in [0.717, 1.165) is 25.5 Å². The second-order valence-electron chi connectivity index (χ2n) is 5.87. The van der Waals surface area contributed by atoms with Crippen LogP contribution in [0.2, 0.25) is 0 Å². The Hall–Kier alpha value is -0.980. The molecule has 108 valence electrons. The maximum absolute atomic E-state index is 6.05. The molecule has 1 aromatic heterocycles. The minimum atomic E-state index is -0.185. The van der Waals surface area contributed by atoms with Gasteiger partial charge in [-0.1, -0.05) is 19.0 Å². The van der Waals surface area contributed by atoms with Crippen LogP contribution in [0.5, 0.6) is 0 Å². The smallest absolute Gasteiger partial charge is 0.243 e. The largest absolute Gasteiger partial charge is 0.338 e. The van der Waals surface area contributed by atoms with E-state index < -0.39 is 0 Å². The molecule has 0 bridgehead atoms. The molecule has 2 rings (SSSR count).